The van der Waals surface area contributed by atoms with Crippen molar-refractivity contribution in [3.05, 3.63) is 53.7 Å². The number of aromatic nitrogens is 1. The van der Waals surface area contributed by atoms with Gasteiger partial charge in [0.1, 0.15) is 5.82 Å². The number of benzene rings is 1. The molecule has 106 valence electrons. The van der Waals surface area contributed by atoms with Gasteiger partial charge in [0.15, 0.2) is 0 Å². The first kappa shape index (κ1) is 14.1. The van der Waals surface area contributed by atoms with Crippen LogP contribution in [0, 0.1) is 0 Å². The molecule has 2 rings (SSSR count). The zero-order chi connectivity index (χ0) is 14.6. The Bertz CT molecular complexity index is 567. The average molecular weight is 282 g/mol. The summed E-state index contributed by atoms with van der Waals surface area (Å²) in [4.78, 5) is 3.95. The molecule has 0 aliphatic carbocycles. The number of alkyl halides is 3. The Hall–Kier alpha value is -2.28. The van der Waals surface area contributed by atoms with Crippen molar-refractivity contribution < 1.29 is 13.2 Å². The van der Waals surface area contributed by atoms with Gasteiger partial charge in [-0.3, -0.25) is 0 Å². The topological polar surface area (TPSA) is 63.0 Å². The summed E-state index contributed by atoms with van der Waals surface area (Å²) in [5.74, 6) is 5.74. The van der Waals surface area contributed by atoms with Crippen LogP contribution >= 0.6 is 0 Å². The summed E-state index contributed by atoms with van der Waals surface area (Å²) in [5, 5.41) is 3.08. The van der Waals surface area contributed by atoms with E-state index in [1.807, 2.05) is 0 Å². The van der Waals surface area contributed by atoms with Crippen LogP contribution in [0.1, 0.15) is 11.1 Å². The third kappa shape index (κ3) is 3.61. The SMILES string of the molecule is NNc1cc(NCc2ccc(C(F)(F)F)cc2)ccn1. The second-order valence-corrected chi connectivity index (χ2v) is 4.12. The second kappa shape index (κ2) is 5.79. The number of hydrazine groups is 1. The minimum absolute atomic E-state index is 0.409. The van der Waals surface area contributed by atoms with Gasteiger partial charge in [0, 0.05) is 24.5 Å². The Morgan fingerprint density at radius 2 is 1.80 bits per heavy atom. The smallest absolute Gasteiger partial charge is 0.381 e. The molecule has 0 aliphatic rings. The van der Waals surface area contributed by atoms with Crippen LogP contribution in [0.15, 0.2) is 42.6 Å². The lowest BCUT2D eigenvalue weighted by molar-refractivity contribution is -0.137. The number of hydrogen-bond donors (Lipinski definition) is 3. The van der Waals surface area contributed by atoms with Gasteiger partial charge in [0.2, 0.25) is 0 Å². The number of halogens is 3. The van der Waals surface area contributed by atoms with E-state index in [9.17, 15) is 13.2 Å². The summed E-state index contributed by atoms with van der Waals surface area (Å²) in [5.41, 5.74) is 3.28. The van der Waals surface area contributed by atoms with Gasteiger partial charge in [0.25, 0.3) is 0 Å². The molecule has 0 amide bonds. The van der Waals surface area contributed by atoms with Crippen molar-refractivity contribution in [2.24, 2.45) is 5.84 Å². The second-order valence-electron chi connectivity index (χ2n) is 4.12. The fourth-order valence-corrected chi connectivity index (χ4v) is 1.64. The van der Waals surface area contributed by atoms with Crippen molar-refractivity contribution in [1.82, 2.24) is 4.98 Å². The van der Waals surface area contributed by atoms with Crippen molar-refractivity contribution in [2.75, 3.05) is 10.7 Å². The van der Waals surface area contributed by atoms with Crippen LogP contribution in [-0.4, -0.2) is 4.98 Å². The first-order valence-electron chi connectivity index (χ1n) is 5.82. The summed E-state index contributed by atoms with van der Waals surface area (Å²) in [7, 11) is 0. The van der Waals surface area contributed by atoms with E-state index in [0.29, 0.717) is 12.4 Å². The zero-order valence-electron chi connectivity index (χ0n) is 10.4. The normalized spacial score (nSPS) is 11.2. The van der Waals surface area contributed by atoms with Gasteiger partial charge in [-0.25, -0.2) is 10.8 Å². The molecule has 1 aromatic carbocycles. The Kier molecular flexibility index (Phi) is 4.09. The zero-order valence-corrected chi connectivity index (χ0v) is 10.4. The van der Waals surface area contributed by atoms with Gasteiger partial charge >= 0.3 is 6.18 Å². The Morgan fingerprint density at radius 1 is 1.10 bits per heavy atom. The molecule has 1 heterocycles. The standard InChI is InChI=1S/C13H13F3N4/c14-13(15,16)10-3-1-9(2-4-10)8-19-11-5-6-18-12(7-11)20-17/h1-7H,8,17H2,(H2,18,19,20). The molecule has 7 heteroatoms. The molecule has 20 heavy (non-hydrogen) atoms. The van der Waals surface area contributed by atoms with Crippen LogP contribution in [0.4, 0.5) is 24.7 Å². The van der Waals surface area contributed by atoms with Crippen LogP contribution in [0.5, 0.6) is 0 Å². The first-order chi connectivity index (χ1) is 9.49. The number of hydrogen-bond acceptors (Lipinski definition) is 4. The van der Waals surface area contributed by atoms with Crippen molar-refractivity contribution in [3.63, 3.8) is 0 Å². The molecule has 0 saturated heterocycles. The summed E-state index contributed by atoms with van der Waals surface area (Å²) in [6.45, 7) is 0.409. The first-order valence-corrected chi connectivity index (χ1v) is 5.82. The average Bonchev–Trinajstić information content (AvgIpc) is 2.45. The van der Waals surface area contributed by atoms with Crippen LogP contribution in [-0.2, 0) is 12.7 Å². The van der Waals surface area contributed by atoms with Crippen LogP contribution in [0.2, 0.25) is 0 Å². The van der Waals surface area contributed by atoms with Gasteiger partial charge in [-0.1, -0.05) is 12.1 Å². The number of anilines is 2. The fraction of sp³-hybridized carbons (Fsp3) is 0.154. The fourth-order valence-electron chi connectivity index (χ4n) is 1.64. The third-order valence-corrected chi connectivity index (χ3v) is 2.69. The summed E-state index contributed by atoms with van der Waals surface area (Å²) < 4.78 is 37.2. The Balaban J connectivity index is 2.00. The summed E-state index contributed by atoms with van der Waals surface area (Å²) in [6.07, 6.45) is -2.73. The number of rotatable bonds is 4. The number of nitrogens with two attached hydrogens (primary N) is 1. The van der Waals surface area contributed by atoms with Crippen LogP contribution in [0.25, 0.3) is 0 Å². The van der Waals surface area contributed by atoms with E-state index in [2.05, 4.69) is 15.7 Å². The number of nitrogen functional groups attached to an aromatic ring is 1. The molecular formula is C13H13F3N4. The highest BCUT2D eigenvalue weighted by molar-refractivity contribution is 5.51. The highest BCUT2D eigenvalue weighted by Crippen LogP contribution is 2.29. The Morgan fingerprint density at radius 3 is 2.40 bits per heavy atom. The lowest BCUT2D eigenvalue weighted by Gasteiger charge is -2.10. The van der Waals surface area contributed by atoms with Gasteiger partial charge < -0.3 is 10.7 Å². The van der Waals surface area contributed by atoms with E-state index in [1.165, 1.54) is 12.1 Å². The molecular weight excluding hydrogens is 269 g/mol. The summed E-state index contributed by atoms with van der Waals surface area (Å²) >= 11 is 0. The van der Waals surface area contributed by atoms with Crippen molar-refractivity contribution in [3.8, 4) is 0 Å². The lowest BCUT2D eigenvalue weighted by atomic mass is 10.1. The molecule has 0 aliphatic heterocycles. The maximum atomic E-state index is 12.4. The molecule has 0 bridgehead atoms. The maximum Gasteiger partial charge on any atom is 0.416 e. The number of nitrogens with zero attached hydrogens (tertiary/aromatic N) is 1. The molecule has 4 N–H and O–H groups in total. The van der Waals surface area contributed by atoms with Crippen molar-refractivity contribution >= 4 is 11.5 Å². The highest BCUT2D eigenvalue weighted by Gasteiger charge is 2.29. The molecule has 0 spiro atoms. The largest absolute Gasteiger partial charge is 0.416 e. The predicted molar refractivity (Wildman–Crippen MR) is 70.8 cm³/mol. The third-order valence-electron chi connectivity index (χ3n) is 2.69. The van der Waals surface area contributed by atoms with E-state index in [0.717, 1.165) is 23.4 Å². The van der Waals surface area contributed by atoms with Gasteiger partial charge in [-0.2, -0.15) is 13.2 Å². The van der Waals surface area contributed by atoms with Crippen molar-refractivity contribution in [1.29, 1.82) is 0 Å². The van der Waals surface area contributed by atoms with E-state index >= 15 is 0 Å². The molecule has 2 aromatic rings. The van der Waals surface area contributed by atoms with Gasteiger partial charge in [0.05, 0.1) is 5.56 Å². The molecule has 0 saturated carbocycles. The van der Waals surface area contributed by atoms with Crippen LogP contribution in [0.3, 0.4) is 0 Å². The molecule has 0 fully saturated rings. The van der Waals surface area contributed by atoms with Gasteiger partial charge in [-0.05, 0) is 23.8 Å². The quantitative estimate of drug-likeness (QED) is 0.596. The minimum atomic E-state index is -4.31. The highest BCUT2D eigenvalue weighted by atomic mass is 19.4. The van der Waals surface area contributed by atoms with E-state index in [4.69, 9.17) is 5.84 Å². The molecule has 4 nitrogen and oxygen atoms in total. The van der Waals surface area contributed by atoms with E-state index in [1.54, 1.807) is 18.3 Å². The lowest BCUT2D eigenvalue weighted by Crippen LogP contribution is -2.09. The predicted octanol–water partition coefficient (Wildman–Crippen LogP) is 3.00. The number of pyridine rings is 1. The monoisotopic (exact) mass is 282 g/mol. The summed E-state index contributed by atoms with van der Waals surface area (Å²) in [6, 6.07) is 8.46. The van der Waals surface area contributed by atoms with E-state index < -0.39 is 11.7 Å². The minimum Gasteiger partial charge on any atom is -0.381 e. The molecule has 0 atom stereocenters. The molecule has 0 radical (unpaired) electrons. The van der Waals surface area contributed by atoms with Crippen LogP contribution < -0.4 is 16.6 Å². The Labute approximate surface area is 113 Å². The van der Waals surface area contributed by atoms with E-state index in [-0.39, 0.29) is 0 Å². The van der Waals surface area contributed by atoms with Crippen molar-refractivity contribution in [2.45, 2.75) is 12.7 Å². The molecule has 1 aromatic heterocycles. The maximum absolute atomic E-state index is 12.4. The number of nitrogens with one attached hydrogen (secondary N) is 2. The molecule has 0 unspecified atom stereocenters. The van der Waals surface area contributed by atoms with Gasteiger partial charge in [-0.15, -0.1) is 0 Å².